The molecule has 114 valence electrons. The van der Waals surface area contributed by atoms with Gasteiger partial charge in [-0.3, -0.25) is 14.9 Å². The van der Waals surface area contributed by atoms with Crippen LogP contribution >= 0.6 is 0 Å². The zero-order valence-corrected chi connectivity index (χ0v) is 11.4. The van der Waals surface area contributed by atoms with E-state index in [-0.39, 0.29) is 0 Å². The van der Waals surface area contributed by atoms with Crippen LogP contribution in [0.5, 0.6) is 17.2 Å². The highest BCUT2D eigenvalue weighted by molar-refractivity contribution is 6.09. The Hall–Kier alpha value is -3.29. The number of carbonyl (C=O) groups excluding carboxylic acids is 1. The molecule has 0 aliphatic carbocycles. The molecule has 0 aromatic heterocycles. The van der Waals surface area contributed by atoms with Crippen LogP contribution in [0, 0.1) is 17.0 Å². The number of nitro groups is 1. The van der Waals surface area contributed by atoms with Crippen LogP contribution < -0.4 is 5.32 Å². The molecule has 0 radical (unpaired) electrons. The van der Waals surface area contributed by atoms with Crippen LogP contribution in [0.4, 0.5) is 11.4 Å². The second kappa shape index (κ2) is 5.60. The van der Waals surface area contributed by atoms with Gasteiger partial charge in [-0.25, -0.2) is 0 Å². The van der Waals surface area contributed by atoms with E-state index in [1.165, 1.54) is 0 Å². The molecular formula is C14H12N2O6. The Kier molecular flexibility index (Phi) is 3.85. The molecule has 0 fully saturated rings. The van der Waals surface area contributed by atoms with Crippen LogP contribution in [-0.2, 0) is 0 Å². The molecule has 0 saturated heterocycles. The number of nitrogens with one attached hydrogen (secondary N) is 1. The van der Waals surface area contributed by atoms with Gasteiger partial charge in [-0.05, 0) is 18.6 Å². The molecule has 0 spiro atoms. The van der Waals surface area contributed by atoms with Gasteiger partial charge in [-0.2, -0.15) is 0 Å². The summed E-state index contributed by atoms with van der Waals surface area (Å²) in [5.74, 6) is -3.75. The number of para-hydroxylation sites is 1. The van der Waals surface area contributed by atoms with Gasteiger partial charge in [-0.1, -0.05) is 18.2 Å². The highest BCUT2D eigenvalue weighted by Crippen LogP contribution is 2.43. The smallest absolute Gasteiger partial charge is 0.353 e. The fourth-order valence-corrected chi connectivity index (χ4v) is 1.93. The van der Waals surface area contributed by atoms with Gasteiger partial charge in [0.1, 0.15) is 11.3 Å². The minimum absolute atomic E-state index is 0.419. The Morgan fingerprint density at radius 1 is 1.18 bits per heavy atom. The highest BCUT2D eigenvalue weighted by atomic mass is 16.6. The number of hydrogen-bond acceptors (Lipinski definition) is 6. The van der Waals surface area contributed by atoms with Crippen LogP contribution in [0.25, 0.3) is 0 Å². The van der Waals surface area contributed by atoms with Crippen molar-refractivity contribution in [3.63, 3.8) is 0 Å². The van der Waals surface area contributed by atoms with E-state index in [4.69, 9.17) is 0 Å². The molecule has 0 saturated carbocycles. The molecule has 0 bridgehead atoms. The van der Waals surface area contributed by atoms with Crippen molar-refractivity contribution in [1.29, 1.82) is 0 Å². The number of rotatable bonds is 3. The molecule has 22 heavy (non-hydrogen) atoms. The maximum atomic E-state index is 12.2. The third kappa shape index (κ3) is 2.62. The monoisotopic (exact) mass is 304 g/mol. The summed E-state index contributed by atoms with van der Waals surface area (Å²) >= 11 is 0. The molecule has 0 atom stereocenters. The van der Waals surface area contributed by atoms with Crippen molar-refractivity contribution < 1.29 is 25.0 Å². The number of phenols is 3. The van der Waals surface area contributed by atoms with Crippen molar-refractivity contribution >= 4 is 17.3 Å². The normalized spacial score (nSPS) is 10.2. The van der Waals surface area contributed by atoms with E-state index in [9.17, 15) is 30.2 Å². The summed E-state index contributed by atoms with van der Waals surface area (Å²) in [5.41, 5.74) is -0.592. The summed E-state index contributed by atoms with van der Waals surface area (Å²) in [6, 6.07) is 7.38. The number of hydrogen-bond donors (Lipinski definition) is 4. The van der Waals surface area contributed by atoms with Gasteiger partial charge in [0.05, 0.1) is 4.92 Å². The van der Waals surface area contributed by atoms with Crippen molar-refractivity contribution in [2.75, 3.05) is 5.32 Å². The van der Waals surface area contributed by atoms with Crippen LogP contribution in [-0.4, -0.2) is 26.2 Å². The average Bonchev–Trinajstić information content (AvgIpc) is 2.40. The quantitative estimate of drug-likeness (QED) is 0.508. The number of carbonyl (C=O) groups is 1. The van der Waals surface area contributed by atoms with E-state index in [1.54, 1.807) is 31.2 Å². The maximum absolute atomic E-state index is 12.2. The Morgan fingerprint density at radius 3 is 2.41 bits per heavy atom. The molecule has 4 N–H and O–H groups in total. The lowest BCUT2D eigenvalue weighted by molar-refractivity contribution is -0.386. The number of aromatic hydroxyl groups is 3. The van der Waals surface area contributed by atoms with Crippen molar-refractivity contribution in [2.45, 2.75) is 6.92 Å². The van der Waals surface area contributed by atoms with Crippen LogP contribution in [0.15, 0.2) is 30.3 Å². The summed E-state index contributed by atoms with van der Waals surface area (Å²) in [6.45, 7) is 1.73. The Balaban J connectivity index is 2.49. The Morgan fingerprint density at radius 2 is 1.82 bits per heavy atom. The van der Waals surface area contributed by atoms with E-state index in [1.807, 2.05) is 0 Å². The fraction of sp³-hybridized carbons (Fsp3) is 0.0714. The van der Waals surface area contributed by atoms with Crippen LogP contribution in [0.2, 0.25) is 0 Å². The first-order valence-corrected chi connectivity index (χ1v) is 6.12. The Bertz CT molecular complexity index is 772. The molecule has 8 nitrogen and oxygen atoms in total. The molecule has 0 heterocycles. The van der Waals surface area contributed by atoms with E-state index in [2.05, 4.69) is 5.32 Å². The predicted octanol–water partition coefficient (Wildman–Crippen LogP) is 2.27. The van der Waals surface area contributed by atoms with Crippen molar-refractivity contribution in [3.8, 4) is 17.2 Å². The van der Waals surface area contributed by atoms with Crippen molar-refractivity contribution in [1.82, 2.24) is 0 Å². The van der Waals surface area contributed by atoms with Crippen LogP contribution in [0.3, 0.4) is 0 Å². The van der Waals surface area contributed by atoms with Gasteiger partial charge in [0.2, 0.25) is 11.5 Å². The molecule has 0 unspecified atom stereocenters. The lowest BCUT2D eigenvalue weighted by atomic mass is 10.1. The molecule has 8 heteroatoms. The number of nitrogens with zero attached hydrogens (tertiary/aromatic N) is 1. The van der Waals surface area contributed by atoms with E-state index in [0.717, 1.165) is 5.56 Å². The summed E-state index contributed by atoms with van der Waals surface area (Å²) in [7, 11) is 0. The number of anilines is 1. The first-order chi connectivity index (χ1) is 10.3. The van der Waals surface area contributed by atoms with Gasteiger partial charge in [0, 0.05) is 11.8 Å². The van der Waals surface area contributed by atoms with Crippen LogP contribution in [0.1, 0.15) is 15.9 Å². The lowest BCUT2D eigenvalue weighted by Gasteiger charge is -2.11. The zero-order valence-electron chi connectivity index (χ0n) is 11.4. The molecule has 2 aromatic carbocycles. The van der Waals surface area contributed by atoms with Gasteiger partial charge in [-0.15, -0.1) is 0 Å². The summed E-state index contributed by atoms with van der Waals surface area (Å²) in [4.78, 5) is 21.9. The second-order valence-corrected chi connectivity index (χ2v) is 4.51. The number of phenolic OH excluding ortho intramolecular Hbond substituents is 3. The Labute approximate surface area is 124 Å². The minimum Gasteiger partial charge on any atom is -0.507 e. The van der Waals surface area contributed by atoms with Gasteiger partial charge < -0.3 is 20.6 Å². The largest absolute Gasteiger partial charge is 0.507 e. The van der Waals surface area contributed by atoms with Crippen molar-refractivity contribution in [3.05, 3.63) is 51.6 Å². The predicted molar refractivity (Wildman–Crippen MR) is 77.2 cm³/mol. The standard InChI is InChI=1S/C14H12N2O6/c1-7-4-2-3-5-8(7)15-14(20)11-9(17)6-10(18)12(13(11)19)16(21)22/h2-6,17-19H,1H3,(H,15,20). The third-order valence-corrected chi connectivity index (χ3v) is 3.04. The number of amides is 1. The van der Waals surface area contributed by atoms with Gasteiger partial charge in [0.15, 0.2) is 0 Å². The van der Waals surface area contributed by atoms with Crippen molar-refractivity contribution in [2.24, 2.45) is 0 Å². The number of nitro benzene ring substituents is 1. The highest BCUT2D eigenvalue weighted by Gasteiger charge is 2.30. The first kappa shape index (κ1) is 15.1. The number of benzene rings is 2. The minimum atomic E-state index is -1.10. The van der Waals surface area contributed by atoms with E-state index < -0.39 is 39.3 Å². The fourth-order valence-electron chi connectivity index (χ4n) is 1.93. The third-order valence-electron chi connectivity index (χ3n) is 3.04. The second-order valence-electron chi connectivity index (χ2n) is 4.51. The molecule has 2 rings (SSSR count). The SMILES string of the molecule is Cc1ccccc1NC(=O)c1c(O)cc(O)c([N+](=O)[O-])c1O. The van der Waals surface area contributed by atoms with E-state index in [0.29, 0.717) is 11.8 Å². The maximum Gasteiger partial charge on any atom is 0.353 e. The molecule has 0 aliphatic rings. The van der Waals surface area contributed by atoms with E-state index >= 15 is 0 Å². The number of aryl methyl sites for hydroxylation is 1. The summed E-state index contributed by atoms with van der Waals surface area (Å²) in [5, 5.41) is 42.1. The average molecular weight is 304 g/mol. The molecule has 0 aliphatic heterocycles. The van der Waals surface area contributed by atoms with Gasteiger partial charge in [0.25, 0.3) is 5.91 Å². The first-order valence-electron chi connectivity index (χ1n) is 6.12. The summed E-state index contributed by atoms with van der Waals surface area (Å²) in [6.07, 6.45) is 0. The molecule has 2 aromatic rings. The summed E-state index contributed by atoms with van der Waals surface area (Å²) < 4.78 is 0. The molecule has 1 amide bonds. The topological polar surface area (TPSA) is 133 Å². The lowest BCUT2D eigenvalue weighted by Crippen LogP contribution is -2.13. The molecular weight excluding hydrogens is 292 g/mol. The van der Waals surface area contributed by atoms with Gasteiger partial charge >= 0.3 is 5.69 Å². The zero-order chi connectivity index (χ0) is 16.4.